The SMILES string of the molecule is Cc1ccc(S(=O)(=O)N(C)Cc2nccs2)c(C)c1. The Labute approximate surface area is 117 Å². The van der Waals surface area contributed by atoms with Crippen molar-refractivity contribution in [3.05, 3.63) is 45.9 Å². The lowest BCUT2D eigenvalue weighted by molar-refractivity contribution is 0.465. The van der Waals surface area contributed by atoms with Crippen molar-refractivity contribution in [3.8, 4) is 0 Å². The van der Waals surface area contributed by atoms with Crippen LogP contribution in [0.3, 0.4) is 0 Å². The first-order chi connectivity index (χ1) is 8.91. The third kappa shape index (κ3) is 3.02. The molecule has 0 radical (unpaired) electrons. The molecule has 0 saturated carbocycles. The molecule has 0 atom stereocenters. The third-order valence-corrected chi connectivity index (χ3v) is 5.59. The van der Waals surface area contributed by atoms with Gasteiger partial charge in [-0.3, -0.25) is 0 Å². The quantitative estimate of drug-likeness (QED) is 0.871. The Bertz CT molecular complexity index is 664. The Morgan fingerprint density at radius 2 is 2.05 bits per heavy atom. The minimum Gasteiger partial charge on any atom is -0.248 e. The highest BCUT2D eigenvalue weighted by Gasteiger charge is 2.23. The second kappa shape index (κ2) is 5.40. The van der Waals surface area contributed by atoms with Crippen molar-refractivity contribution in [1.29, 1.82) is 0 Å². The molecule has 1 aromatic heterocycles. The zero-order valence-corrected chi connectivity index (χ0v) is 12.8. The van der Waals surface area contributed by atoms with Gasteiger partial charge in [-0.1, -0.05) is 17.7 Å². The highest BCUT2D eigenvalue weighted by molar-refractivity contribution is 7.89. The van der Waals surface area contributed by atoms with E-state index in [4.69, 9.17) is 0 Å². The Balaban J connectivity index is 2.31. The zero-order valence-electron chi connectivity index (χ0n) is 11.1. The van der Waals surface area contributed by atoms with Crippen molar-refractivity contribution in [1.82, 2.24) is 9.29 Å². The Kier molecular flexibility index (Phi) is 4.03. The predicted octanol–water partition coefficient (Wildman–Crippen LogP) is 2.58. The molecule has 0 N–H and O–H groups in total. The first-order valence-corrected chi connectivity index (χ1v) is 8.15. The average molecular weight is 296 g/mol. The van der Waals surface area contributed by atoms with E-state index in [1.807, 2.05) is 31.4 Å². The molecule has 0 spiro atoms. The number of sulfonamides is 1. The maximum atomic E-state index is 12.5. The van der Waals surface area contributed by atoms with Crippen molar-refractivity contribution >= 4 is 21.4 Å². The summed E-state index contributed by atoms with van der Waals surface area (Å²) in [4.78, 5) is 4.47. The van der Waals surface area contributed by atoms with Crippen LogP contribution < -0.4 is 0 Å². The number of hydrogen-bond donors (Lipinski definition) is 0. The molecular weight excluding hydrogens is 280 g/mol. The standard InChI is InChI=1S/C13H16N2O2S2/c1-10-4-5-12(11(2)8-10)19(16,17)15(3)9-13-14-6-7-18-13/h4-8H,9H2,1-3H3. The van der Waals surface area contributed by atoms with Gasteiger partial charge in [-0.15, -0.1) is 11.3 Å². The van der Waals surface area contributed by atoms with Crippen molar-refractivity contribution in [2.45, 2.75) is 25.3 Å². The van der Waals surface area contributed by atoms with Crippen LogP contribution in [0, 0.1) is 13.8 Å². The molecule has 0 aliphatic heterocycles. The molecule has 1 aromatic carbocycles. The highest BCUT2D eigenvalue weighted by atomic mass is 32.2. The van der Waals surface area contributed by atoms with Gasteiger partial charge < -0.3 is 0 Å². The van der Waals surface area contributed by atoms with E-state index >= 15 is 0 Å². The minimum atomic E-state index is -3.46. The maximum absolute atomic E-state index is 12.5. The summed E-state index contributed by atoms with van der Waals surface area (Å²) in [7, 11) is -1.88. The van der Waals surface area contributed by atoms with E-state index < -0.39 is 10.0 Å². The topological polar surface area (TPSA) is 50.3 Å². The molecule has 4 nitrogen and oxygen atoms in total. The van der Waals surface area contributed by atoms with Gasteiger partial charge in [-0.05, 0) is 25.5 Å². The maximum Gasteiger partial charge on any atom is 0.243 e. The van der Waals surface area contributed by atoms with E-state index in [1.165, 1.54) is 15.6 Å². The normalized spacial score (nSPS) is 12.0. The molecule has 0 saturated heterocycles. The molecule has 2 rings (SSSR count). The lowest BCUT2D eigenvalue weighted by Gasteiger charge is -2.17. The van der Waals surface area contributed by atoms with Gasteiger partial charge in [0.05, 0.1) is 11.4 Å². The van der Waals surface area contributed by atoms with E-state index in [0.717, 1.165) is 16.1 Å². The zero-order chi connectivity index (χ0) is 14.0. The van der Waals surface area contributed by atoms with Crippen molar-refractivity contribution < 1.29 is 8.42 Å². The molecule has 0 aliphatic carbocycles. The number of aromatic nitrogens is 1. The Morgan fingerprint density at radius 1 is 1.32 bits per heavy atom. The number of aryl methyl sites for hydroxylation is 2. The van der Waals surface area contributed by atoms with Crippen molar-refractivity contribution in [2.75, 3.05) is 7.05 Å². The minimum absolute atomic E-state index is 0.299. The number of hydrogen-bond acceptors (Lipinski definition) is 4. The summed E-state index contributed by atoms with van der Waals surface area (Å²) in [6, 6.07) is 5.36. The molecule has 2 aromatic rings. The summed E-state index contributed by atoms with van der Waals surface area (Å²) in [6.07, 6.45) is 1.68. The molecule has 0 bridgehead atoms. The van der Waals surface area contributed by atoms with Crippen molar-refractivity contribution in [3.63, 3.8) is 0 Å². The van der Waals surface area contributed by atoms with Crippen LogP contribution in [0.2, 0.25) is 0 Å². The molecule has 1 heterocycles. The van der Waals surface area contributed by atoms with E-state index in [2.05, 4.69) is 4.98 Å². The Hall–Kier alpha value is -1.24. The molecule has 19 heavy (non-hydrogen) atoms. The first kappa shape index (κ1) is 14.2. The van der Waals surface area contributed by atoms with Crippen LogP contribution in [-0.4, -0.2) is 24.8 Å². The summed E-state index contributed by atoms with van der Waals surface area (Å²) in [5.74, 6) is 0. The van der Waals surface area contributed by atoms with Gasteiger partial charge in [0.25, 0.3) is 0 Å². The van der Waals surface area contributed by atoms with E-state index in [-0.39, 0.29) is 0 Å². The molecule has 0 aliphatic rings. The van der Waals surface area contributed by atoms with Crippen LogP contribution in [-0.2, 0) is 16.6 Å². The summed E-state index contributed by atoms with van der Waals surface area (Å²) in [6.45, 7) is 4.06. The second-order valence-electron chi connectivity index (χ2n) is 4.46. The largest absolute Gasteiger partial charge is 0.248 e. The van der Waals surface area contributed by atoms with E-state index in [9.17, 15) is 8.42 Å². The second-order valence-corrected chi connectivity index (χ2v) is 7.45. The fourth-order valence-electron chi connectivity index (χ4n) is 1.86. The molecule has 102 valence electrons. The number of benzene rings is 1. The molecular formula is C13H16N2O2S2. The van der Waals surface area contributed by atoms with Crippen LogP contribution in [0.15, 0.2) is 34.7 Å². The van der Waals surface area contributed by atoms with Crippen LogP contribution in [0.4, 0.5) is 0 Å². The van der Waals surface area contributed by atoms with E-state index in [0.29, 0.717) is 11.4 Å². The van der Waals surface area contributed by atoms with Crippen LogP contribution in [0.25, 0.3) is 0 Å². The van der Waals surface area contributed by atoms with Gasteiger partial charge in [-0.25, -0.2) is 13.4 Å². The van der Waals surface area contributed by atoms with Gasteiger partial charge in [0, 0.05) is 18.6 Å². The van der Waals surface area contributed by atoms with E-state index in [1.54, 1.807) is 19.3 Å². The smallest absolute Gasteiger partial charge is 0.243 e. The highest BCUT2D eigenvalue weighted by Crippen LogP contribution is 2.21. The molecule has 6 heteroatoms. The number of thiazole rings is 1. The molecule has 0 fully saturated rings. The average Bonchev–Trinajstić information content (AvgIpc) is 2.81. The van der Waals surface area contributed by atoms with Crippen molar-refractivity contribution in [2.24, 2.45) is 0 Å². The fourth-order valence-corrected chi connectivity index (χ4v) is 3.95. The van der Waals surface area contributed by atoms with Crippen LogP contribution in [0.5, 0.6) is 0 Å². The summed E-state index contributed by atoms with van der Waals surface area (Å²) < 4.78 is 26.3. The van der Waals surface area contributed by atoms with Gasteiger partial charge in [0.15, 0.2) is 0 Å². The lowest BCUT2D eigenvalue weighted by Crippen LogP contribution is -2.27. The van der Waals surface area contributed by atoms with Gasteiger partial charge in [0.2, 0.25) is 10.0 Å². The number of rotatable bonds is 4. The predicted molar refractivity (Wildman–Crippen MR) is 76.7 cm³/mol. The first-order valence-electron chi connectivity index (χ1n) is 5.83. The summed E-state index contributed by atoms with van der Waals surface area (Å²) >= 11 is 1.45. The van der Waals surface area contributed by atoms with Gasteiger partial charge in [0.1, 0.15) is 5.01 Å². The monoisotopic (exact) mass is 296 g/mol. The van der Waals surface area contributed by atoms with Gasteiger partial charge >= 0.3 is 0 Å². The fraction of sp³-hybridized carbons (Fsp3) is 0.308. The third-order valence-electron chi connectivity index (χ3n) is 2.86. The lowest BCUT2D eigenvalue weighted by atomic mass is 10.2. The summed E-state index contributed by atoms with van der Waals surface area (Å²) in [5, 5.41) is 2.63. The molecule has 0 unspecified atom stereocenters. The number of nitrogens with zero attached hydrogens (tertiary/aromatic N) is 2. The van der Waals surface area contributed by atoms with Crippen LogP contribution >= 0.6 is 11.3 Å². The van der Waals surface area contributed by atoms with Crippen LogP contribution in [0.1, 0.15) is 16.1 Å². The Morgan fingerprint density at radius 3 is 2.63 bits per heavy atom. The molecule has 0 amide bonds. The van der Waals surface area contributed by atoms with Gasteiger partial charge in [-0.2, -0.15) is 4.31 Å². The summed E-state index contributed by atoms with van der Waals surface area (Å²) in [5.41, 5.74) is 1.82.